The number of nitrogens with two attached hydrogens (primary N) is 1. The van der Waals surface area contributed by atoms with Gasteiger partial charge < -0.3 is 20.7 Å². The fraction of sp³-hybridized carbons (Fsp3) is 0.472. The molecule has 1 aliphatic heterocycles. The van der Waals surface area contributed by atoms with Crippen LogP contribution < -0.4 is 15.8 Å². The number of carbonyl (C=O) groups excluding carboxylic acids is 1. The predicted octanol–water partition coefficient (Wildman–Crippen LogP) is 9.55. The van der Waals surface area contributed by atoms with E-state index in [1.807, 2.05) is 24.9 Å². The number of rotatable bonds is 15. The van der Waals surface area contributed by atoms with Crippen LogP contribution in [-0.2, 0) is 6.18 Å². The maximum absolute atomic E-state index is 15.9. The SMILES string of the molecule is C=C(C(CCCC)CC(C)CC)N1C=CN=C(N)/C1=C(\c1cc(F)c(C(=O)Nc2cc(C(F)(F)F)ccn2)cc1OCC)C(C)CC. The molecular weight excluding hydrogens is 610 g/mol. The number of alkyl halides is 3. The normalized spacial score (nSPS) is 16.3. The number of nitrogens with one attached hydrogen (secondary N) is 1. The lowest BCUT2D eigenvalue weighted by atomic mass is 9.85. The highest BCUT2D eigenvalue weighted by Gasteiger charge is 2.32. The van der Waals surface area contributed by atoms with Gasteiger partial charge >= 0.3 is 6.18 Å². The lowest BCUT2D eigenvalue weighted by molar-refractivity contribution is -0.137. The number of carbonyl (C=O) groups is 1. The molecule has 0 saturated heterocycles. The number of amidine groups is 1. The molecule has 0 saturated carbocycles. The van der Waals surface area contributed by atoms with Crippen molar-refractivity contribution in [2.24, 2.45) is 28.5 Å². The van der Waals surface area contributed by atoms with Crippen molar-refractivity contribution in [2.45, 2.75) is 86.2 Å². The molecule has 0 fully saturated rings. The van der Waals surface area contributed by atoms with E-state index in [1.165, 1.54) is 12.1 Å². The van der Waals surface area contributed by atoms with E-state index in [2.05, 4.69) is 42.6 Å². The number of aliphatic imine (C=N–C) groups is 1. The summed E-state index contributed by atoms with van der Waals surface area (Å²) >= 11 is 0. The Morgan fingerprint density at radius 3 is 2.45 bits per heavy atom. The number of benzene rings is 1. The number of amides is 1. The van der Waals surface area contributed by atoms with Crippen molar-refractivity contribution < 1.29 is 27.1 Å². The van der Waals surface area contributed by atoms with Crippen LogP contribution in [0, 0.1) is 23.6 Å². The third-order valence-electron chi connectivity index (χ3n) is 8.58. The maximum atomic E-state index is 15.9. The number of hydrogen-bond donors (Lipinski definition) is 2. The quantitative estimate of drug-likeness (QED) is 0.186. The maximum Gasteiger partial charge on any atom is 0.416 e. The first-order chi connectivity index (χ1) is 22.3. The summed E-state index contributed by atoms with van der Waals surface area (Å²) in [5.41, 5.74) is 7.70. The van der Waals surface area contributed by atoms with Gasteiger partial charge in [-0.15, -0.1) is 0 Å². The molecule has 1 amide bonds. The highest BCUT2D eigenvalue weighted by atomic mass is 19.4. The standard InChI is InChI=1S/C36H47F4N5O2/c1-8-12-13-25(18-22(5)9-2)24(7)45-17-16-43-34(41)33(45)32(23(6)10-3)28-20-29(37)27(21-30(28)47-11-4)35(46)44-31-19-26(14-15-42-31)36(38,39)40/h14-17,19-23,25H,7-13,18H2,1-6H3,(H2,41,43)(H,42,44,46)/b33-32+. The molecule has 2 aromatic rings. The summed E-state index contributed by atoms with van der Waals surface area (Å²) in [7, 11) is 0. The Morgan fingerprint density at radius 2 is 1.83 bits per heavy atom. The molecule has 0 aliphatic carbocycles. The van der Waals surface area contributed by atoms with Gasteiger partial charge in [-0.3, -0.25) is 4.79 Å². The molecule has 3 rings (SSSR count). The van der Waals surface area contributed by atoms with Crippen molar-refractivity contribution in [3.05, 3.63) is 83.3 Å². The highest BCUT2D eigenvalue weighted by Crippen LogP contribution is 2.41. The minimum Gasteiger partial charge on any atom is -0.493 e. The largest absolute Gasteiger partial charge is 0.493 e. The van der Waals surface area contributed by atoms with E-state index < -0.39 is 29.0 Å². The Bertz CT molecular complexity index is 1520. The molecule has 0 radical (unpaired) electrons. The average molecular weight is 658 g/mol. The number of aromatic nitrogens is 1. The summed E-state index contributed by atoms with van der Waals surface area (Å²) in [6, 6.07) is 3.95. The van der Waals surface area contributed by atoms with Crippen molar-refractivity contribution >= 4 is 23.1 Å². The number of hydrogen-bond acceptors (Lipinski definition) is 6. The Morgan fingerprint density at radius 1 is 1.11 bits per heavy atom. The van der Waals surface area contributed by atoms with Crippen molar-refractivity contribution in [2.75, 3.05) is 11.9 Å². The van der Waals surface area contributed by atoms with Crippen molar-refractivity contribution in [3.8, 4) is 5.75 Å². The number of unbranched alkanes of at least 4 members (excludes halogenated alkanes) is 1. The minimum atomic E-state index is -4.64. The third-order valence-corrected chi connectivity index (χ3v) is 8.58. The second-order valence-corrected chi connectivity index (χ2v) is 12.0. The third kappa shape index (κ3) is 9.23. The zero-order valence-electron chi connectivity index (χ0n) is 28.2. The summed E-state index contributed by atoms with van der Waals surface area (Å²) in [5, 5.41) is 2.28. The fourth-order valence-corrected chi connectivity index (χ4v) is 5.57. The Labute approximate surface area is 275 Å². The zero-order valence-corrected chi connectivity index (χ0v) is 28.2. The van der Waals surface area contributed by atoms with Gasteiger partial charge in [0, 0.05) is 29.9 Å². The van der Waals surface area contributed by atoms with Crippen LogP contribution in [0.2, 0.25) is 0 Å². The van der Waals surface area contributed by atoms with E-state index in [9.17, 15) is 18.0 Å². The monoisotopic (exact) mass is 657 g/mol. The molecular formula is C36H47F4N5O2. The molecule has 1 aliphatic rings. The molecule has 3 unspecified atom stereocenters. The summed E-state index contributed by atoms with van der Waals surface area (Å²) < 4.78 is 61.6. The van der Waals surface area contributed by atoms with E-state index >= 15 is 4.39 Å². The van der Waals surface area contributed by atoms with Gasteiger partial charge in [0.2, 0.25) is 0 Å². The van der Waals surface area contributed by atoms with Gasteiger partial charge in [0.05, 0.1) is 23.4 Å². The van der Waals surface area contributed by atoms with Crippen molar-refractivity contribution in [3.63, 3.8) is 0 Å². The number of nitrogens with zero attached hydrogens (tertiary/aromatic N) is 3. The van der Waals surface area contributed by atoms with E-state index in [1.54, 1.807) is 13.1 Å². The van der Waals surface area contributed by atoms with Crippen LogP contribution in [0.4, 0.5) is 23.4 Å². The topological polar surface area (TPSA) is 92.8 Å². The van der Waals surface area contributed by atoms with Gasteiger partial charge in [-0.05, 0) is 73.8 Å². The predicted molar refractivity (Wildman–Crippen MR) is 180 cm³/mol. The van der Waals surface area contributed by atoms with E-state index in [0.29, 0.717) is 35.2 Å². The summed E-state index contributed by atoms with van der Waals surface area (Å²) in [6.07, 6.45) is 5.43. The van der Waals surface area contributed by atoms with Gasteiger partial charge in [0.1, 0.15) is 23.2 Å². The summed E-state index contributed by atoms with van der Waals surface area (Å²) in [5.74, 6) is -1.27. The highest BCUT2D eigenvalue weighted by molar-refractivity contribution is 6.07. The molecule has 1 aromatic carbocycles. The van der Waals surface area contributed by atoms with Crippen LogP contribution >= 0.6 is 0 Å². The minimum absolute atomic E-state index is 0.156. The molecule has 0 bridgehead atoms. The molecule has 47 heavy (non-hydrogen) atoms. The molecule has 256 valence electrons. The van der Waals surface area contributed by atoms with Gasteiger partial charge in [0.25, 0.3) is 5.91 Å². The number of ether oxygens (including phenoxy) is 1. The lowest BCUT2D eigenvalue weighted by Crippen LogP contribution is -2.34. The Balaban J connectivity index is 2.17. The second kappa shape index (κ2) is 16.6. The second-order valence-electron chi connectivity index (χ2n) is 12.0. The molecule has 2 heterocycles. The Kier molecular flexibility index (Phi) is 13.2. The summed E-state index contributed by atoms with van der Waals surface area (Å²) in [6.45, 7) is 17.1. The smallest absolute Gasteiger partial charge is 0.416 e. The number of pyridine rings is 1. The fourth-order valence-electron chi connectivity index (χ4n) is 5.57. The number of anilines is 1. The van der Waals surface area contributed by atoms with Crippen LogP contribution in [0.5, 0.6) is 5.75 Å². The molecule has 3 atom stereocenters. The molecule has 3 N–H and O–H groups in total. The molecule has 11 heteroatoms. The van der Waals surface area contributed by atoms with E-state index in [-0.39, 0.29) is 35.8 Å². The first-order valence-electron chi connectivity index (χ1n) is 16.3. The van der Waals surface area contributed by atoms with Crippen LogP contribution in [0.1, 0.15) is 102 Å². The Hall–Kier alpha value is -4.15. The van der Waals surface area contributed by atoms with Crippen molar-refractivity contribution in [1.82, 2.24) is 9.88 Å². The number of halogens is 4. The molecule has 0 spiro atoms. The lowest BCUT2D eigenvalue weighted by Gasteiger charge is -2.36. The van der Waals surface area contributed by atoms with Crippen molar-refractivity contribution in [1.29, 1.82) is 0 Å². The van der Waals surface area contributed by atoms with Crippen LogP contribution in [0.15, 0.2) is 65.8 Å². The first kappa shape index (κ1) is 37.3. The number of allylic oxidation sites excluding steroid dienone is 2. The van der Waals surface area contributed by atoms with Crippen LogP contribution in [0.25, 0.3) is 5.57 Å². The zero-order chi connectivity index (χ0) is 34.9. The van der Waals surface area contributed by atoms with Gasteiger partial charge in [-0.1, -0.05) is 60.5 Å². The van der Waals surface area contributed by atoms with Crippen LogP contribution in [-0.4, -0.2) is 28.2 Å². The van der Waals surface area contributed by atoms with Gasteiger partial charge in [-0.25, -0.2) is 14.4 Å². The van der Waals surface area contributed by atoms with E-state index in [4.69, 9.17) is 10.5 Å². The summed E-state index contributed by atoms with van der Waals surface area (Å²) in [4.78, 5) is 23.3. The van der Waals surface area contributed by atoms with Gasteiger partial charge in [0.15, 0.2) is 0 Å². The van der Waals surface area contributed by atoms with Crippen LogP contribution in [0.3, 0.4) is 0 Å². The molecule has 7 nitrogen and oxygen atoms in total. The first-order valence-corrected chi connectivity index (χ1v) is 16.3. The van der Waals surface area contributed by atoms with Gasteiger partial charge in [-0.2, -0.15) is 13.2 Å². The average Bonchev–Trinajstić information content (AvgIpc) is 3.03. The van der Waals surface area contributed by atoms with E-state index in [0.717, 1.165) is 50.1 Å². The molecule has 1 aromatic heterocycles.